The summed E-state index contributed by atoms with van der Waals surface area (Å²) in [5.74, 6) is -0.939. The monoisotopic (exact) mass is 788 g/mol. The van der Waals surface area contributed by atoms with Gasteiger partial charge in [-0.1, -0.05) is 6.07 Å². The van der Waals surface area contributed by atoms with Crippen molar-refractivity contribution in [3.63, 3.8) is 0 Å². The van der Waals surface area contributed by atoms with Crippen LogP contribution >= 0.6 is 0 Å². The normalized spacial score (nSPS) is 39.1. The van der Waals surface area contributed by atoms with Crippen LogP contribution in [0.15, 0.2) is 36.1 Å². The molecule has 55 heavy (non-hydrogen) atoms. The van der Waals surface area contributed by atoms with Crippen molar-refractivity contribution in [2.24, 2.45) is 0 Å². The van der Waals surface area contributed by atoms with Crippen molar-refractivity contribution in [1.82, 2.24) is 0 Å². The maximum Gasteiger partial charge on any atom is 0.228 e. The molecule has 0 bridgehead atoms. The van der Waals surface area contributed by atoms with Gasteiger partial charge in [0.25, 0.3) is 0 Å². The topological polar surface area (TPSA) is 337 Å². The van der Waals surface area contributed by atoms with Gasteiger partial charge in [0.2, 0.25) is 6.29 Å². The Morgan fingerprint density at radius 3 is 1.69 bits per heavy atom. The molecule has 2 aromatic rings. The van der Waals surface area contributed by atoms with E-state index in [1.165, 1.54) is 37.5 Å². The molecule has 21 heteroatoms. The SMILES string of the molecule is COc1cc(C2Oc3cc(O)cc(O)c3C=C2O[C@@H]2O[C@H](CO[C@@H]3O[C@H](CO[C@@H]4O[C@H](CO)[C@@H](O)[C@H](O)[C@H]4O)[C@@H](O)[C@H](O)[C@@H]3O)[C@@H](O)[C@H](O)[C@H]2O)ccc1O. The molecule has 0 saturated carbocycles. The van der Waals surface area contributed by atoms with Crippen LogP contribution in [0.1, 0.15) is 17.2 Å². The summed E-state index contributed by atoms with van der Waals surface area (Å²) in [6, 6.07) is 6.47. The van der Waals surface area contributed by atoms with E-state index in [1.807, 2.05) is 0 Å². The van der Waals surface area contributed by atoms with Crippen LogP contribution in [0, 0.1) is 0 Å². The zero-order valence-corrected chi connectivity index (χ0v) is 28.9. The molecule has 4 aliphatic rings. The number of phenols is 3. The second-order valence-corrected chi connectivity index (χ2v) is 13.4. The maximum atomic E-state index is 10.9. The molecule has 3 fully saturated rings. The van der Waals surface area contributed by atoms with Crippen LogP contribution in [0.5, 0.6) is 28.7 Å². The molecule has 0 spiro atoms. The number of methoxy groups -OCH3 is 1. The summed E-state index contributed by atoms with van der Waals surface area (Å²) < 4.78 is 44.9. The van der Waals surface area contributed by atoms with Crippen LogP contribution in [-0.4, -0.2) is 185 Å². The van der Waals surface area contributed by atoms with Gasteiger partial charge in [0, 0.05) is 17.7 Å². The number of rotatable bonds is 11. The summed E-state index contributed by atoms with van der Waals surface area (Å²) in [5.41, 5.74) is 0.393. The molecule has 21 nitrogen and oxygen atoms in total. The van der Waals surface area contributed by atoms with Crippen LogP contribution < -0.4 is 9.47 Å². The molecule has 1 unspecified atom stereocenters. The molecule has 306 valence electrons. The molecular formula is C34H44O21. The van der Waals surface area contributed by atoms with Crippen molar-refractivity contribution >= 4 is 6.08 Å². The summed E-state index contributed by atoms with van der Waals surface area (Å²) in [6.45, 7) is -2.06. The molecule has 6 rings (SSSR count). The summed E-state index contributed by atoms with van der Waals surface area (Å²) in [7, 11) is 1.32. The minimum atomic E-state index is -1.91. The van der Waals surface area contributed by atoms with E-state index in [1.54, 1.807) is 0 Å². The number of aliphatic hydroxyl groups is 10. The Morgan fingerprint density at radius 2 is 1.13 bits per heavy atom. The molecule has 0 radical (unpaired) electrons. The Kier molecular flexibility index (Phi) is 12.6. The summed E-state index contributed by atoms with van der Waals surface area (Å²) in [6.07, 6.45) is -25.6. The zero-order chi connectivity index (χ0) is 39.9. The highest BCUT2D eigenvalue weighted by Gasteiger charge is 2.50. The van der Waals surface area contributed by atoms with Gasteiger partial charge in [-0.05, 0) is 18.2 Å². The highest BCUT2D eigenvalue weighted by Crippen LogP contribution is 2.45. The van der Waals surface area contributed by atoms with Gasteiger partial charge in [-0.2, -0.15) is 0 Å². The molecule has 13 N–H and O–H groups in total. The highest BCUT2D eigenvalue weighted by molar-refractivity contribution is 5.70. The van der Waals surface area contributed by atoms with E-state index >= 15 is 0 Å². The standard InChI is InChI=1S/C34H44O21/c1-48-17-4-11(2-3-14(17)37)31-18(7-13-15(38)5-12(36)6-16(13)51-31)52-34-30(47)27(44)24(41)21(55-34)10-50-33-29(46)26(43)23(40)20(54-33)9-49-32-28(45)25(42)22(39)19(8-35)53-32/h2-7,19-47H,8-10H2,1H3/t19-,20-,21-,22-,23-,24-,25+,26+,27+,28-,29+,30-,31?,32-,33-,34-/m1/s1. The molecule has 0 amide bonds. The summed E-state index contributed by atoms with van der Waals surface area (Å²) in [5, 5.41) is 135. The Labute approximate surface area is 311 Å². The van der Waals surface area contributed by atoms with Crippen molar-refractivity contribution in [3.8, 4) is 28.7 Å². The van der Waals surface area contributed by atoms with Crippen LogP contribution in [0.25, 0.3) is 6.08 Å². The zero-order valence-electron chi connectivity index (χ0n) is 28.9. The number of fused-ring (bicyclic) bond motifs is 1. The van der Waals surface area contributed by atoms with Gasteiger partial charge in [-0.3, -0.25) is 0 Å². The molecule has 0 aliphatic carbocycles. The highest BCUT2D eigenvalue weighted by atomic mass is 16.7. The van der Waals surface area contributed by atoms with Crippen LogP contribution in [0.3, 0.4) is 0 Å². The van der Waals surface area contributed by atoms with E-state index in [9.17, 15) is 66.4 Å². The maximum absolute atomic E-state index is 10.9. The third-order valence-electron chi connectivity index (χ3n) is 9.69. The largest absolute Gasteiger partial charge is 0.508 e. The average molecular weight is 789 g/mol. The van der Waals surface area contributed by atoms with Crippen LogP contribution in [0.2, 0.25) is 0 Å². The minimum absolute atomic E-state index is 0.0315. The lowest BCUT2D eigenvalue weighted by Crippen LogP contribution is -2.62. The number of hydrogen-bond donors (Lipinski definition) is 13. The molecule has 0 aromatic heterocycles. The van der Waals surface area contributed by atoms with Crippen LogP contribution in [-0.2, 0) is 28.4 Å². The van der Waals surface area contributed by atoms with Gasteiger partial charge < -0.3 is 104 Å². The molecule has 3 saturated heterocycles. The van der Waals surface area contributed by atoms with E-state index in [0.29, 0.717) is 5.56 Å². The minimum Gasteiger partial charge on any atom is -0.508 e. The molecule has 4 heterocycles. The van der Waals surface area contributed by atoms with E-state index < -0.39 is 124 Å². The number of ether oxygens (including phenoxy) is 8. The van der Waals surface area contributed by atoms with E-state index in [0.717, 1.165) is 6.07 Å². The fraction of sp³-hybridized carbons (Fsp3) is 0.588. The lowest BCUT2D eigenvalue weighted by Gasteiger charge is -2.44. The van der Waals surface area contributed by atoms with E-state index in [-0.39, 0.29) is 34.3 Å². The first-order valence-corrected chi connectivity index (χ1v) is 17.0. The first-order valence-electron chi connectivity index (χ1n) is 17.0. The Balaban J connectivity index is 1.16. The number of hydrogen-bond acceptors (Lipinski definition) is 21. The van der Waals surface area contributed by atoms with Gasteiger partial charge in [0.15, 0.2) is 30.2 Å². The first-order chi connectivity index (χ1) is 26.1. The van der Waals surface area contributed by atoms with Crippen molar-refractivity contribution in [3.05, 3.63) is 47.2 Å². The Hall–Kier alpha value is -3.62. The molecule has 16 atom stereocenters. The third-order valence-corrected chi connectivity index (χ3v) is 9.69. The van der Waals surface area contributed by atoms with Gasteiger partial charge >= 0.3 is 0 Å². The number of benzene rings is 2. The summed E-state index contributed by atoms with van der Waals surface area (Å²) in [4.78, 5) is 0. The summed E-state index contributed by atoms with van der Waals surface area (Å²) >= 11 is 0. The fourth-order valence-electron chi connectivity index (χ4n) is 6.49. The number of aromatic hydroxyl groups is 3. The Bertz CT molecular complexity index is 1660. The van der Waals surface area contributed by atoms with Gasteiger partial charge in [0.1, 0.15) is 96.3 Å². The van der Waals surface area contributed by atoms with Crippen molar-refractivity contribution < 1.29 is 104 Å². The smallest absolute Gasteiger partial charge is 0.228 e. The third kappa shape index (κ3) is 8.27. The average Bonchev–Trinajstić information content (AvgIpc) is 3.16. The van der Waals surface area contributed by atoms with Crippen molar-refractivity contribution in [2.75, 3.05) is 26.9 Å². The van der Waals surface area contributed by atoms with Gasteiger partial charge in [-0.25, -0.2) is 0 Å². The molecule has 2 aromatic carbocycles. The predicted octanol–water partition coefficient (Wildman–Crippen LogP) is -4.25. The lowest BCUT2D eigenvalue weighted by molar-refractivity contribution is -0.341. The van der Waals surface area contributed by atoms with Crippen molar-refractivity contribution in [2.45, 2.75) is 98.2 Å². The number of phenolic OH excluding ortho intramolecular Hbond substituents is 3. The molecular weight excluding hydrogens is 744 g/mol. The van der Waals surface area contributed by atoms with E-state index in [2.05, 4.69) is 0 Å². The number of aliphatic hydroxyl groups excluding tert-OH is 10. The molecule has 4 aliphatic heterocycles. The lowest BCUT2D eigenvalue weighted by atomic mass is 9.97. The predicted molar refractivity (Wildman–Crippen MR) is 176 cm³/mol. The van der Waals surface area contributed by atoms with Crippen LogP contribution in [0.4, 0.5) is 0 Å². The van der Waals surface area contributed by atoms with Gasteiger partial charge in [0.05, 0.1) is 32.5 Å². The quantitative estimate of drug-likeness (QED) is 0.103. The van der Waals surface area contributed by atoms with Gasteiger partial charge in [-0.15, -0.1) is 0 Å². The van der Waals surface area contributed by atoms with Crippen molar-refractivity contribution in [1.29, 1.82) is 0 Å². The van der Waals surface area contributed by atoms with E-state index in [4.69, 9.17) is 37.9 Å². The first kappa shape index (κ1) is 41.0. The second-order valence-electron chi connectivity index (χ2n) is 13.4. The second kappa shape index (κ2) is 16.9. The Morgan fingerprint density at radius 1 is 0.600 bits per heavy atom. The fourth-order valence-corrected chi connectivity index (χ4v) is 6.49.